The van der Waals surface area contributed by atoms with Crippen LogP contribution in [0.5, 0.6) is 0 Å². The average Bonchev–Trinajstić information content (AvgIpc) is 3.10. The fraction of sp³-hybridized carbons (Fsp3) is 0.300. The second-order valence-electron chi connectivity index (χ2n) is 6.73. The van der Waals surface area contributed by atoms with Gasteiger partial charge in [-0.3, -0.25) is 0 Å². The van der Waals surface area contributed by atoms with Gasteiger partial charge < -0.3 is 15.1 Å². The Kier molecular flexibility index (Phi) is 5.18. The maximum absolute atomic E-state index is 12.4. The van der Waals surface area contributed by atoms with E-state index in [2.05, 4.69) is 35.3 Å². The predicted octanol–water partition coefficient (Wildman–Crippen LogP) is 4.29. The molecular weight excluding hydrogens is 380 g/mol. The monoisotopic (exact) mass is 400 g/mol. The van der Waals surface area contributed by atoms with Crippen molar-refractivity contribution in [1.82, 2.24) is 15.2 Å². The number of aryl methyl sites for hydroxylation is 1. The molecule has 2 amide bonds. The third-order valence-electron chi connectivity index (χ3n) is 4.73. The van der Waals surface area contributed by atoms with Crippen molar-refractivity contribution in [2.24, 2.45) is 0 Å². The van der Waals surface area contributed by atoms with Crippen molar-refractivity contribution in [3.8, 4) is 0 Å². The number of halogens is 1. The second kappa shape index (κ2) is 7.74. The topological polar surface area (TPSA) is 48.5 Å². The smallest absolute Gasteiger partial charge is 0.317 e. The molecule has 1 N–H and O–H groups in total. The molecule has 1 aromatic heterocycles. The molecule has 0 saturated carbocycles. The highest BCUT2D eigenvalue weighted by molar-refractivity contribution is 7.22. The molecule has 1 aliphatic rings. The van der Waals surface area contributed by atoms with Gasteiger partial charge in [0.1, 0.15) is 0 Å². The Balaban J connectivity index is 1.32. The fourth-order valence-electron chi connectivity index (χ4n) is 3.15. The van der Waals surface area contributed by atoms with E-state index in [-0.39, 0.29) is 6.03 Å². The average molecular weight is 401 g/mol. The summed E-state index contributed by atoms with van der Waals surface area (Å²) in [6, 6.07) is 13.8. The number of aromatic nitrogens is 1. The van der Waals surface area contributed by atoms with E-state index < -0.39 is 0 Å². The Bertz CT molecular complexity index is 948. The summed E-state index contributed by atoms with van der Waals surface area (Å²) in [5, 5.41) is 4.72. The van der Waals surface area contributed by atoms with Crippen LogP contribution in [-0.2, 0) is 6.54 Å². The largest absolute Gasteiger partial charge is 0.345 e. The first-order valence-corrected chi connectivity index (χ1v) is 10.2. The molecule has 140 valence electrons. The third kappa shape index (κ3) is 4.17. The molecule has 27 heavy (non-hydrogen) atoms. The lowest BCUT2D eigenvalue weighted by atomic mass is 10.2. The van der Waals surface area contributed by atoms with Crippen molar-refractivity contribution in [3.05, 3.63) is 58.6 Å². The Morgan fingerprint density at radius 1 is 1.15 bits per heavy atom. The summed E-state index contributed by atoms with van der Waals surface area (Å²) >= 11 is 7.61. The summed E-state index contributed by atoms with van der Waals surface area (Å²) < 4.78 is 1.22. The van der Waals surface area contributed by atoms with Crippen LogP contribution in [0.2, 0.25) is 5.02 Å². The second-order valence-corrected chi connectivity index (χ2v) is 8.17. The van der Waals surface area contributed by atoms with E-state index in [0.29, 0.717) is 24.7 Å². The number of carbonyl (C=O) groups is 1. The molecule has 2 heterocycles. The number of benzene rings is 2. The van der Waals surface area contributed by atoms with Gasteiger partial charge in [0.25, 0.3) is 0 Å². The van der Waals surface area contributed by atoms with E-state index >= 15 is 0 Å². The SMILES string of the molecule is Cc1ccc2nc(N3CCN(C(=O)NCc4ccc(Cl)cc4)CC3)sc2c1. The van der Waals surface area contributed by atoms with Gasteiger partial charge in [0.15, 0.2) is 5.13 Å². The van der Waals surface area contributed by atoms with Gasteiger partial charge in [-0.05, 0) is 42.3 Å². The van der Waals surface area contributed by atoms with E-state index in [1.807, 2.05) is 29.2 Å². The van der Waals surface area contributed by atoms with Crippen LogP contribution in [0.1, 0.15) is 11.1 Å². The number of hydrogen-bond acceptors (Lipinski definition) is 4. The summed E-state index contributed by atoms with van der Waals surface area (Å²) in [5.74, 6) is 0. The molecule has 0 atom stereocenters. The quantitative estimate of drug-likeness (QED) is 0.713. The van der Waals surface area contributed by atoms with E-state index in [4.69, 9.17) is 16.6 Å². The molecule has 3 aromatic rings. The van der Waals surface area contributed by atoms with Crippen LogP contribution in [-0.4, -0.2) is 42.1 Å². The number of nitrogens with one attached hydrogen (secondary N) is 1. The highest BCUT2D eigenvalue weighted by Crippen LogP contribution is 2.30. The molecular formula is C20H21ClN4OS. The van der Waals surface area contributed by atoms with Crippen LogP contribution in [0.3, 0.4) is 0 Å². The minimum absolute atomic E-state index is 0.0236. The van der Waals surface area contributed by atoms with Gasteiger partial charge in [-0.2, -0.15) is 0 Å². The number of carbonyl (C=O) groups excluding carboxylic acids is 1. The Labute approximate surface area is 167 Å². The number of amides is 2. The zero-order valence-electron chi connectivity index (χ0n) is 15.1. The van der Waals surface area contributed by atoms with Crippen LogP contribution < -0.4 is 10.2 Å². The van der Waals surface area contributed by atoms with Crippen molar-refractivity contribution in [3.63, 3.8) is 0 Å². The third-order valence-corrected chi connectivity index (χ3v) is 6.06. The summed E-state index contributed by atoms with van der Waals surface area (Å²) in [5.41, 5.74) is 3.33. The van der Waals surface area contributed by atoms with Gasteiger partial charge in [0.2, 0.25) is 0 Å². The van der Waals surface area contributed by atoms with E-state index in [1.165, 1.54) is 10.3 Å². The number of fused-ring (bicyclic) bond motifs is 1. The molecule has 1 fully saturated rings. The fourth-order valence-corrected chi connectivity index (χ4v) is 4.39. The Morgan fingerprint density at radius 2 is 1.89 bits per heavy atom. The van der Waals surface area contributed by atoms with Crippen molar-refractivity contribution in [2.75, 3.05) is 31.1 Å². The van der Waals surface area contributed by atoms with Gasteiger partial charge in [-0.1, -0.05) is 41.1 Å². The zero-order chi connectivity index (χ0) is 18.8. The lowest BCUT2D eigenvalue weighted by Crippen LogP contribution is -2.51. The standard InChI is InChI=1S/C20H21ClN4OS/c1-14-2-7-17-18(12-14)27-20(23-17)25-10-8-24(9-11-25)19(26)22-13-15-3-5-16(21)6-4-15/h2-7,12H,8-11,13H2,1H3,(H,22,26). The highest BCUT2D eigenvalue weighted by atomic mass is 35.5. The van der Waals surface area contributed by atoms with Crippen molar-refractivity contribution < 1.29 is 4.79 Å². The molecule has 7 heteroatoms. The molecule has 0 spiro atoms. The zero-order valence-corrected chi connectivity index (χ0v) is 16.7. The minimum Gasteiger partial charge on any atom is -0.345 e. The van der Waals surface area contributed by atoms with Gasteiger partial charge in [0, 0.05) is 37.7 Å². The molecule has 0 unspecified atom stereocenters. The highest BCUT2D eigenvalue weighted by Gasteiger charge is 2.23. The number of nitrogens with zero attached hydrogens (tertiary/aromatic N) is 3. The van der Waals surface area contributed by atoms with Crippen molar-refractivity contribution in [2.45, 2.75) is 13.5 Å². The van der Waals surface area contributed by atoms with Gasteiger partial charge in [0.05, 0.1) is 10.2 Å². The molecule has 4 rings (SSSR count). The number of anilines is 1. The summed E-state index contributed by atoms with van der Waals surface area (Å²) in [6.45, 7) is 5.59. The first kappa shape index (κ1) is 18.1. The maximum Gasteiger partial charge on any atom is 0.317 e. The first-order valence-electron chi connectivity index (χ1n) is 8.98. The molecule has 0 aliphatic carbocycles. The van der Waals surface area contributed by atoms with Crippen LogP contribution in [0.15, 0.2) is 42.5 Å². The summed E-state index contributed by atoms with van der Waals surface area (Å²) in [6.07, 6.45) is 0. The Morgan fingerprint density at radius 3 is 2.63 bits per heavy atom. The predicted molar refractivity (Wildman–Crippen MR) is 112 cm³/mol. The van der Waals surface area contributed by atoms with Crippen molar-refractivity contribution in [1.29, 1.82) is 0 Å². The minimum atomic E-state index is -0.0236. The van der Waals surface area contributed by atoms with Crippen LogP contribution in [0.25, 0.3) is 10.2 Å². The van der Waals surface area contributed by atoms with Crippen LogP contribution in [0, 0.1) is 6.92 Å². The molecule has 2 aromatic carbocycles. The van der Waals surface area contributed by atoms with Gasteiger partial charge >= 0.3 is 6.03 Å². The number of piperazine rings is 1. The number of rotatable bonds is 3. The van der Waals surface area contributed by atoms with E-state index in [1.54, 1.807) is 11.3 Å². The molecule has 5 nitrogen and oxygen atoms in total. The number of urea groups is 1. The van der Waals surface area contributed by atoms with Gasteiger partial charge in [-0.15, -0.1) is 0 Å². The lowest BCUT2D eigenvalue weighted by molar-refractivity contribution is 0.194. The van der Waals surface area contributed by atoms with E-state index in [0.717, 1.165) is 29.3 Å². The summed E-state index contributed by atoms with van der Waals surface area (Å²) in [7, 11) is 0. The molecule has 0 radical (unpaired) electrons. The number of hydrogen-bond donors (Lipinski definition) is 1. The van der Waals surface area contributed by atoms with Crippen LogP contribution in [0.4, 0.5) is 9.93 Å². The Hall–Kier alpha value is -2.31. The number of thiazole rings is 1. The van der Waals surface area contributed by atoms with Crippen LogP contribution >= 0.6 is 22.9 Å². The summed E-state index contributed by atoms with van der Waals surface area (Å²) in [4.78, 5) is 21.3. The molecule has 1 aliphatic heterocycles. The van der Waals surface area contributed by atoms with Crippen molar-refractivity contribution >= 4 is 44.3 Å². The normalized spacial score (nSPS) is 14.6. The van der Waals surface area contributed by atoms with E-state index in [9.17, 15) is 4.79 Å². The van der Waals surface area contributed by atoms with Gasteiger partial charge in [-0.25, -0.2) is 9.78 Å². The molecule has 0 bridgehead atoms. The lowest BCUT2D eigenvalue weighted by Gasteiger charge is -2.34. The molecule has 1 saturated heterocycles. The maximum atomic E-state index is 12.4. The first-order chi connectivity index (χ1) is 13.1.